The molecule has 0 aliphatic rings. The summed E-state index contributed by atoms with van der Waals surface area (Å²) in [7, 11) is 0. The highest BCUT2D eigenvalue weighted by Crippen LogP contribution is 2.12. The van der Waals surface area contributed by atoms with Gasteiger partial charge in [-0.25, -0.2) is 9.97 Å². The van der Waals surface area contributed by atoms with Gasteiger partial charge in [0.05, 0.1) is 28.8 Å². The molecule has 0 N–H and O–H groups in total. The van der Waals surface area contributed by atoms with Gasteiger partial charge in [-0.05, 0) is 19.1 Å². The van der Waals surface area contributed by atoms with Gasteiger partial charge in [0.25, 0.3) is 5.56 Å². The second-order valence-electron chi connectivity index (χ2n) is 3.65. The van der Waals surface area contributed by atoms with Gasteiger partial charge < -0.3 is 0 Å². The van der Waals surface area contributed by atoms with Gasteiger partial charge >= 0.3 is 0 Å². The van der Waals surface area contributed by atoms with Crippen LogP contribution >= 0.6 is 0 Å². The van der Waals surface area contributed by atoms with Gasteiger partial charge in [-0.3, -0.25) is 9.20 Å². The van der Waals surface area contributed by atoms with Crippen LogP contribution in [0.4, 0.5) is 0 Å². The minimum atomic E-state index is -0.210. The zero-order valence-corrected chi connectivity index (χ0v) is 8.71. The Labute approximate surface area is 91.2 Å². The highest BCUT2D eigenvalue weighted by molar-refractivity contribution is 5.79. The van der Waals surface area contributed by atoms with Crippen LogP contribution in [-0.4, -0.2) is 14.4 Å². The van der Waals surface area contributed by atoms with Gasteiger partial charge in [0.1, 0.15) is 5.82 Å². The van der Waals surface area contributed by atoms with Crippen LogP contribution < -0.4 is 5.56 Å². The smallest absolute Gasteiger partial charge is 0.279 e. The van der Waals surface area contributed by atoms with Gasteiger partial charge in [-0.15, -0.1) is 0 Å². The van der Waals surface area contributed by atoms with Crippen LogP contribution in [0, 0.1) is 6.92 Å². The monoisotopic (exact) mass is 211 g/mol. The molecule has 3 rings (SSSR count). The first-order valence-corrected chi connectivity index (χ1v) is 4.99. The number of imidazole rings is 1. The maximum Gasteiger partial charge on any atom is 0.279 e. The minimum Gasteiger partial charge on any atom is -0.295 e. The quantitative estimate of drug-likeness (QED) is 0.566. The summed E-state index contributed by atoms with van der Waals surface area (Å²) in [6.45, 7) is 1.91. The number of hydrogen-bond donors (Lipinski definition) is 0. The molecule has 0 aliphatic carbocycles. The standard InChI is InChI=1S/C12H9N3O/c1-8-13-6-9-7-14-12(16)10-4-2-3-5-11(10)15(8)9/h2-7H,1H3. The molecule has 0 atom stereocenters. The molecule has 0 aliphatic heterocycles. The molecule has 0 saturated heterocycles. The molecule has 0 fully saturated rings. The number of benzene rings is 1. The van der Waals surface area contributed by atoms with E-state index in [0.717, 1.165) is 16.9 Å². The lowest BCUT2D eigenvalue weighted by molar-refractivity contribution is 1.08. The van der Waals surface area contributed by atoms with Crippen LogP contribution in [0.5, 0.6) is 0 Å². The van der Waals surface area contributed by atoms with Crippen molar-refractivity contribution in [3.63, 3.8) is 0 Å². The van der Waals surface area contributed by atoms with Crippen LogP contribution in [0.3, 0.4) is 0 Å². The van der Waals surface area contributed by atoms with Gasteiger partial charge in [-0.1, -0.05) is 12.1 Å². The number of para-hydroxylation sites is 1. The van der Waals surface area contributed by atoms with Crippen molar-refractivity contribution in [2.24, 2.45) is 0 Å². The van der Waals surface area contributed by atoms with Crippen LogP contribution in [0.2, 0.25) is 0 Å². The summed E-state index contributed by atoms with van der Waals surface area (Å²) >= 11 is 0. The molecular formula is C12H9N3O. The van der Waals surface area contributed by atoms with E-state index >= 15 is 0 Å². The Morgan fingerprint density at radius 2 is 1.88 bits per heavy atom. The van der Waals surface area contributed by atoms with E-state index in [2.05, 4.69) is 9.97 Å². The van der Waals surface area contributed by atoms with E-state index in [1.54, 1.807) is 18.5 Å². The summed E-state index contributed by atoms with van der Waals surface area (Å²) in [5.41, 5.74) is 1.46. The molecule has 1 aromatic carbocycles. The molecule has 16 heavy (non-hydrogen) atoms. The third-order valence-corrected chi connectivity index (χ3v) is 2.65. The lowest BCUT2D eigenvalue weighted by atomic mass is 10.2. The molecule has 78 valence electrons. The summed E-state index contributed by atoms with van der Waals surface area (Å²) in [4.78, 5) is 19.9. The molecule has 2 aromatic heterocycles. The first-order chi connectivity index (χ1) is 7.77. The Balaban J connectivity index is 2.77. The summed E-state index contributed by atoms with van der Waals surface area (Å²) in [6, 6.07) is 7.42. The average molecular weight is 211 g/mol. The van der Waals surface area contributed by atoms with E-state index in [4.69, 9.17) is 0 Å². The van der Waals surface area contributed by atoms with Crippen LogP contribution in [-0.2, 0) is 0 Å². The number of nitrogens with zero attached hydrogens (tertiary/aromatic N) is 3. The maximum absolute atomic E-state index is 11.8. The zero-order chi connectivity index (χ0) is 11.1. The van der Waals surface area contributed by atoms with Crippen molar-refractivity contribution in [3.8, 4) is 0 Å². The first-order valence-electron chi connectivity index (χ1n) is 4.99. The third kappa shape index (κ3) is 1.13. The molecule has 4 heteroatoms. The second-order valence-corrected chi connectivity index (χ2v) is 3.65. The molecule has 2 heterocycles. The van der Waals surface area contributed by atoms with Crippen molar-refractivity contribution in [2.45, 2.75) is 6.92 Å². The zero-order valence-electron chi connectivity index (χ0n) is 8.71. The van der Waals surface area contributed by atoms with Gasteiger partial charge in [0.2, 0.25) is 0 Å². The number of aromatic nitrogens is 3. The van der Waals surface area contributed by atoms with Crippen LogP contribution in [0.15, 0.2) is 41.5 Å². The second kappa shape index (κ2) is 3.13. The molecule has 0 amide bonds. The van der Waals surface area contributed by atoms with Crippen molar-refractivity contribution in [2.75, 3.05) is 0 Å². The third-order valence-electron chi connectivity index (χ3n) is 2.65. The fraction of sp³-hybridized carbons (Fsp3) is 0.0833. The van der Waals surface area contributed by atoms with E-state index in [1.807, 2.05) is 29.5 Å². The summed E-state index contributed by atoms with van der Waals surface area (Å²) in [6.07, 6.45) is 3.27. The Bertz CT molecular complexity index is 746. The van der Waals surface area contributed by atoms with Crippen molar-refractivity contribution in [1.82, 2.24) is 14.4 Å². The molecule has 0 bridgehead atoms. The first kappa shape index (κ1) is 9.03. The SMILES string of the molecule is Cc1ncc2cnc(=O)c3ccccc3n12. The Morgan fingerprint density at radius 3 is 2.75 bits per heavy atom. The van der Waals surface area contributed by atoms with E-state index < -0.39 is 0 Å². The van der Waals surface area contributed by atoms with E-state index in [9.17, 15) is 4.79 Å². The number of hydrogen-bond acceptors (Lipinski definition) is 3. The van der Waals surface area contributed by atoms with Gasteiger partial charge in [0, 0.05) is 0 Å². The van der Waals surface area contributed by atoms with E-state index in [-0.39, 0.29) is 5.56 Å². The molecular weight excluding hydrogens is 202 g/mol. The minimum absolute atomic E-state index is 0.210. The van der Waals surface area contributed by atoms with Gasteiger partial charge in [0.15, 0.2) is 0 Å². The van der Waals surface area contributed by atoms with Crippen molar-refractivity contribution >= 4 is 16.4 Å². The van der Waals surface area contributed by atoms with Crippen LogP contribution in [0.1, 0.15) is 5.82 Å². The predicted octanol–water partition coefficient (Wildman–Crippen LogP) is 1.55. The molecule has 0 unspecified atom stereocenters. The number of aryl methyl sites for hydroxylation is 1. The largest absolute Gasteiger partial charge is 0.295 e. The average Bonchev–Trinajstić information content (AvgIpc) is 2.60. The van der Waals surface area contributed by atoms with Crippen LogP contribution in [0.25, 0.3) is 16.4 Å². The Hall–Kier alpha value is -2.23. The molecule has 3 aromatic rings. The highest BCUT2D eigenvalue weighted by Gasteiger charge is 2.04. The fourth-order valence-electron chi connectivity index (χ4n) is 1.91. The predicted molar refractivity (Wildman–Crippen MR) is 61.5 cm³/mol. The normalized spacial score (nSPS) is 11.1. The van der Waals surface area contributed by atoms with Gasteiger partial charge in [-0.2, -0.15) is 0 Å². The topological polar surface area (TPSA) is 47.3 Å². The molecule has 0 saturated carbocycles. The Morgan fingerprint density at radius 1 is 1.12 bits per heavy atom. The lowest BCUT2D eigenvalue weighted by Crippen LogP contribution is -2.01. The van der Waals surface area contributed by atoms with Crippen molar-refractivity contribution in [1.29, 1.82) is 0 Å². The summed E-state index contributed by atoms with van der Waals surface area (Å²) in [5, 5.41) is 0.610. The summed E-state index contributed by atoms with van der Waals surface area (Å²) in [5.74, 6) is 0.851. The highest BCUT2D eigenvalue weighted by atomic mass is 16.1. The van der Waals surface area contributed by atoms with E-state index in [1.165, 1.54) is 0 Å². The molecule has 4 nitrogen and oxygen atoms in total. The van der Waals surface area contributed by atoms with Crippen molar-refractivity contribution < 1.29 is 0 Å². The number of fused-ring (bicyclic) bond motifs is 3. The molecule has 0 spiro atoms. The maximum atomic E-state index is 11.8. The van der Waals surface area contributed by atoms with E-state index in [0.29, 0.717) is 5.39 Å². The summed E-state index contributed by atoms with van der Waals surface area (Å²) < 4.78 is 1.93. The number of rotatable bonds is 0. The Kier molecular flexibility index (Phi) is 1.77. The fourth-order valence-corrected chi connectivity index (χ4v) is 1.91. The van der Waals surface area contributed by atoms with Crippen molar-refractivity contribution in [3.05, 3.63) is 52.8 Å². The lowest BCUT2D eigenvalue weighted by Gasteiger charge is -1.96. The molecule has 0 radical (unpaired) electrons.